The molecule has 0 unspecified atom stereocenters. The Morgan fingerprint density at radius 1 is 1.21 bits per heavy atom. The standard InChI is InChI=1S/C20H23F3N2O3S/c1-3-5-6-10-25(12-17-24-16(13-29-17)19(27)28-4-2)18(26)14-8-7-9-15(11-14)20(21,22)23/h7-9,11,13H,3-6,10,12H2,1-2H3. The third kappa shape index (κ3) is 6.56. The van der Waals surface area contributed by atoms with E-state index in [1.54, 1.807) is 12.3 Å². The molecule has 1 amide bonds. The molecule has 2 rings (SSSR count). The molecule has 9 heteroatoms. The van der Waals surface area contributed by atoms with Crippen molar-refractivity contribution in [2.24, 2.45) is 0 Å². The second kappa shape index (κ2) is 10.4. The molecule has 0 spiro atoms. The quantitative estimate of drug-likeness (QED) is 0.408. The van der Waals surface area contributed by atoms with Crippen molar-refractivity contribution in [2.75, 3.05) is 13.2 Å². The van der Waals surface area contributed by atoms with Gasteiger partial charge >= 0.3 is 12.1 Å². The highest BCUT2D eigenvalue weighted by Crippen LogP contribution is 2.30. The summed E-state index contributed by atoms with van der Waals surface area (Å²) < 4.78 is 43.9. The SMILES string of the molecule is CCCCCN(Cc1nc(C(=O)OCC)cs1)C(=O)c1cccc(C(F)(F)F)c1. The summed E-state index contributed by atoms with van der Waals surface area (Å²) in [5.41, 5.74) is -0.735. The molecule has 1 aromatic carbocycles. The topological polar surface area (TPSA) is 59.5 Å². The number of thiazole rings is 1. The van der Waals surface area contributed by atoms with Crippen LogP contribution in [0.1, 0.15) is 64.5 Å². The molecule has 0 saturated carbocycles. The molecule has 0 aliphatic carbocycles. The number of amides is 1. The molecular formula is C20H23F3N2O3S. The van der Waals surface area contributed by atoms with E-state index in [2.05, 4.69) is 4.98 Å². The number of esters is 1. The molecule has 0 aliphatic heterocycles. The van der Waals surface area contributed by atoms with Crippen LogP contribution in [0.3, 0.4) is 0 Å². The monoisotopic (exact) mass is 428 g/mol. The van der Waals surface area contributed by atoms with Gasteiger partial charge in [0.05, 0.1) is 18.7 Å². The highest BCUT2D eigenvalue weighted by atomic mass is 32.1. The molecule has 0 fully saturated rings. The fourth-order valence-corrected chi connectivity index (χ4v) is 3.44. The summed E-state index contributed by atoms with van der Waals surface area (Å²) in [6.45, 7) is 4.43. The maximum atomic E-state index is 13.0. The molecule has 0 bridgehead atoms. The lowest BCUT2D eigenvalue weighted by Gasteiger charge is -2.22. The van der Waals surface area contributed by atoms with E-state index in [4.69, 9.17) is 4.74 Å². The highest BCUT2D eigenvalue weighted by molar-refractivity contribution is 7.09. The van der Waals surface area contributed by atoms with Crippen molar-refractivity contribution >= 4 is 23.2 Å². The largest absolute Gasteiger partial charge is 0.461 e. The molecule has 0 atom stereocenters. The van der Waals surface area contributed by atoms with Crippen molar-refractivity contribution in [3.63, 3.8) is 0 Å². The van der Waals surface area contributed by atoms with Gasteiger partial charge in [0.1, 0.15) is 5.01 Å². The first kappa shape index (κ1) is 22.9. The summed E-state index contributed by atoms with van der Waals surface area (Å²) in [5.74, 6) is -1.04. The van der Waals surface area contributed by atoms with Crippen LogP contribution < -0.4 is 0 Å². The first-order chi connectivity index (χ1) is 13.8. The number of alkyl halides is 3. The van der Waals surface area contributed by atoms with Crippen LogP contribution in [0.5, 0.6) is 0 Å². The number of benzene rings is 1. The Balaban J connectivity index is 2.21. The molecule has 0 radical (unpaired) electrons. The average molecular weight is 428 g/mol. The van der Waals surface area contributed by atoms with Crippen molar-refractivity contribution in [3.05, 3.63) is 51.5 Å². The van der Waals surface area contributed by atoms with Crippen LogP contribution in [0.25, 0.3) is 0 Å². The Labute approximate surface area is 171 Å². The Kier molecular flexibility index (Phi) is 8.19. The molecule has 1 heterocycles. The molecule has 29 heavy (non-hydrogen) atoms. The van der Waals surface area contributed by atoms with E-state index in [9.17, 15) is 22.8 Å². The van der Waals surface area contributed by atoms with Crippen molar-refractivity contribution < 1.29 is 27.5 Å². The minimum absolute atomic E-state index is 0.0292. The van der Waals surface area contributed by atoms with Gasteiger partial charge in [-0.25, -0.2) is 9.78 Å². The van der Waals surface area contributed by atoms with E-state index in [-0.39, 0.29) is 24.4 Å². The summed E-state index contributed by atoms with van der Waals surface area (Å²) in [7, 11) is 0. The molecule has 0 saturated heterocycles. The van der Waals surface area contributed by atoms with E-state index in [0.717, 1.165) is 31.4 Å². The summed E-state index contributed by atoms with van der Waals surface area (Å²) >= 11 is 1.21. The van der Waals surface area contributed by atoms with Gasteiger partial charge in [-0.1, -0.05) is 25.8 Å². The Morgan fingerprint density at radius 3 is 2.62 bits per heavy atom. The number of carbonyl (C=O) groups excluding carboxylic acids is 2. The lowest BCUT2D eigenvalue weighted by atomic mass is 10.1. The van der Waals surface area contributed by atoms with Crippen molar-refractivity contribution in [1.82, 2.24) is 9.88 Å². The number of aromatic nitrogens is 1. The Morgan fingerprint density at radius 2 is 1.97 bits per heavy atom. The first-order valence-electron chi connectivity index (χ1n) is 9.34. The van der Waals surface area contributed by atoms with E-state index < -0.39 is 23.6 Å². The zero-order chi connectivity index (χ0) is 21.4. The van der Waals surface area contributed by atoms with Crippen LogP contribution in [0.2, 0.25) is 0 Å². The van der Waals surface area contributed by atoms with Crippen LogP contribution in [0.15, 0.2) is 29.6 Å². The first-order valence-corrected chi connectivity index (χ1v) is 10.2. The van der Waals surface area contributed by atoms with Crippen LogP contribution in [-0.2, 0) is 17.5 Å². The van der Waals surface area contributed by atoms with Crippen LogP contribution in [0.4, 0.5) is 13.2 Å². The fourth-order valence-electron chi connectivity index (χ4n) is 2.66. The van der Waals surface area contributed by atoms with Gasteiger partial charge in [0.2, 0.25) is 0 Å². The minimum Gasteiger partial charge on any atom is -0.461 e. The predicted octanol–water partition coefficient (Wildman–Crippen LogP) is 5.17. The number of rotatable bonds is 9. The van der Waals surface area contributed by atoms with E-state index >= 15 is 0 Å². The van der Waals surface area contributed by atoms with Gasteiger partial charge < -0.3 is 9.64 Å². The van der Waals surface area contributed by atoms with Crippen molar-refractivity contribution in [3.8, 4) is 0 Å². The molecule has 0 aliphatic rings. The minimum atomic E-state index is -4.52. The van der Waals surface area contributed by atoms with Gasteiger partial charge in [-0.05, 0) is 31.5 Å². The fraction of sp³-hybridized carbons (Fsp3) is 0.450. The predicted molar refractivity (Wildman–Crippen MR) is 104 cm³/mol. The number of carbonyl (C=O) groups is 2. The van der Waals surface area contributed by atoms with Gasteiger partial charge in [0, 0.05) is 17.5 Å². The van der Waals surface area contributed by atoms with E-state index in [1.165, 1.54) is 28.4 Å². The van der Waals surface area contributed by atoms with Gasteiger partial charge in [-0.3, -0.25) is 4.79 Å². The molecule has 0 N–H and O–H groups in total. The van der Waals surface area contributed by atoms with Crippen LogP contribution >= 0.6 is 11.3 Å². The van der Waals surface area contributed by atoms with Crippen molar-refractivity contribution in [2.45, 2.75) is 45.8 Å². The summed E-state index contributed by atoms with van der Waals surface area (Å²) in [4.78, 5) is 30.4. The third-order valence-corrected chi connectivity index (χ3v) is 4.95. The highest BCUT2D eigenvalue weighted by Gasteiger charge is 2.31. The van der Waals surface area contributed by atoms with Crippen LogP contribution in [-0.4, -0.2) is 34.9 Å². The number of ether oxygens (including phenoxy) is 1. The zero-order valence-electron chi connectivity index (χ0n) is 16.3. The number of halogens is 3. The Hall–Kier alpha value is -2.42. The maximum absolute atomic E-state index is 13.0. The Bertz CT molecular complexity index is 836. The van der Waals surface area contributed by atoms with Gasteiger partial charge in [-0.15, -0.1) is 11.3 Å². The maximum Gasteiger partial charge on any atom is 0.416 e. The second-order valence-corrected chi connectivity index (χ2v) is 7.30. The lowest BCUT2D eigenvalue weighted by molar-refractivity contribution is -0.137. The molecule has 158 valence electrons. The normalized spacial score (nSPS) is 11.3. The molecule has 1 aromatic heterocycles. The number of unbranched alkanes of at least 4 members (excludes halogenated alkanes) is 2. The van der Waals surface area contributed by atoms with Gasteiger partial charge in [0.25, 0.3) is 5.91 Å². The van der Waals surface area contributed by atoms with E-state index in [1.807, 2.05) is 6.92 Å². The molecule has 2 aromatic rings. The summed E-state index contributed by atoms with van der Waals surface area (Å²) in [6, 6.07) is 4.39. The second-order valence-electron chi connectivity index (χ2n) is 6.36. The van der Waals surface area contributed by atoms with Crippen molar-refractivity contribution in [1.29, 1.82) is 0 Å². The van der Waals surface area contributed by atoms with E-state index in [0.29, 0.717) is 11.6 Å². The summed E-state index contributed by atoms with van der Waals surface area (Å²) in [6.07, 6.45) is -1.97. The van der Waals surface area contributed by atoms with Gasteiger partial charge in [-0.2, -0.15) is 13.2 Å². The zero-order valence-corrected chi connectivity index (χ0v) is 17.1. The number of nitrogens with zero attached hydrogens (tertiary/aromatic N) is 2. The summed E-state index contributed by atoms with van der Waals surface area (Å²) in [5, 5.41) is 2.07. The van der Waals surface area contributed by atoms with Crippen LogP contribution in [0, 0.1) is 0 Å². The average Bonchev–Trinajstić information content (AvgIpc) is 3.15. The number of hydrogen-bond acceptors (Lipinski definition) is 5. The molecular weight excluding hydrogens is 405 g/mol. The van der Waals surface area contributed by atoms with Gasteiger partial charge in [0.15, 0.2) is 5.69 Å². The lowest BCUT2D eigenvalue weighted by Crippen LogP contribution is -2.31. The molecule has 5 nitrogen and oxygen atoms in total. The third-order valence-electron chi connectivity index (χ3n) is 4.12. The number of hydrogen-bond donors (Lipinski definition) is 0. The smallest absolute Gasteiger partial charge is 0.416 e.